The fourth-order valence-electron chi connectivity index (χ4n) is 2.88. The molecule has 170 valence electrons. The van der Waals surface area contributed by atoms with Crippen LogP contribution in [0.25, 0.3) is 11.3 Å². The SMILES string of the molecule is CCOc1cncc(-c2ccc(NC(=O)C(CC)c3csc(NS(C)(=O)=O)n3)c(F)c2)n1. The zero-order chi connectivity index (χ0) is 23.3. The second-order valence-corrected chi connectivity index (χ2v) is 9.38. The molecule has 1 aromatic carbocycles. The molecule has 0 saturated heterocycles. The molecule has 0 radical (unpaired) electrons. The zero-order valence-corrected chi connectivity index (χ0v) is 19.3. The average Bonchev–Trinajstić information content (AvgIpc) is 3.16. The second kappa shape index (κ2) is 10.0. The van der Waals surface area contributed by atoms with Crippen molar-refractivity contribution in [1.82, 2.24) is 15.0 Å². The number of carbonyl (C=O) groups is 1. The van der Waals surface area contributed by atoms with Crippen molar-refractivity contribution in [3.8, 4) is 17.1 Å². The molecule has 2 heterocycles. The number of aromatic nitrogens is 3. The molecule has 0 aliphatic rings. The van der Waals surface area contributed by atoms with Crippen molar-refractivity contribution in [3.05, 3.63) is 47.5 Å². The van der Waals surface area contributed by atoms with Crippen LogP contribution >= 0.6 is 11.3 Å². The maximum Gasteiger partial charge on any atom is 0.233 e. The normalized spacial score (nSPS) is 12.2. The predicted octanol–water partition coefficient (Wildman–Crippen LogP) is 3.64. The summed E-state index contributed by atoms with van der Waals surface area (Å²) in [4.78, 5) is 25.3. The van der Waals surface area contributed by atoms with Gasteiger partial charge < -0.3 is 10.1 Å². The first-order valence-electron chi connectivity index (χ1n) is 9.69. The zero-order valence-electron chi connectivity index (χ0n) is 17.6. The van der Waals surface area contributed by atoms with Gasteiger partial charge in [-0.3, -0.25) is 14.5 Å². The number of thiazole rings is 1. The molecule has 3 rings (SSSR count). The molecule has 0 aliphatic heterocycles. The van der Waals surface area contributed by atoms with Gasteiger partial charge in [0.05, 0.1) is 48.2 Å². The highest BCUT2D eigenvalue weighted by atomic mass is 32.2. The van der Waals surface area contributed by atoms with Crippen molar-refractivity contribution in [3.63, 3.8) is 0 Å². The van der Waals surface area contributed by atoms with Crippen LogP contribution in [0.5, 0.6) is 5.88 Å². The Morgan fingerprint density at radius 1 is 1.25 bits per heavy atom. The predicted molar refractivity (Wildman–Crippen MR) is 121 cm³/mol. The van der Waals surface area contributed by atoms with Gasteiger partial charge in [0.2, 0.25) is 21.8 Å². The van der Waals surface area contributed by atoms with Crippen LogP contribution in [0.15, 0.2) is 36.0 Å². The maximum atomic E-state index is 14.7. The summed E-state index contributed by atoms with van der Waals surface area (Å²) < 4.78 is 45.0. The van der Waals surface area contributed by atoms with E-state index in [2.05, 4.69) is 25.0 Å². The summed E-state index contributed by atoms with van der Waals surface area (Å²) in [7, 11) is -3.47. The van der Waals surface area contributed by atoms with Gasteiger partial charge in [0.1, 0.15) is 5.82 Å². The first-order chi connectivity index (χ1) is 15.2. The highest BCUT2D eigenvalue weighted by molar-refractivity contribution is 7.92. The number of benzene rings is 1. The van der Waals surface area contributed by atoms with Crippen LogP contribution in [0.2, 0.25) is 0 Å². The quantitative estimate of drug-likeness (QED) is 0.480. The Morgan fingerprint density at radius 2 is 2.03 bits per heavy atom. The number of amides is 1. The average molecular weight is 480 g/mol. The lowest BCUT2D eigenvalue weighted by atomic mass is 10.0. The number of hydrogen-bond acceptors (Lipinski definition) is 8. The smallest absolute Gasteiger partial charge is 0.233 e. The molecule has 1 amide bonds. The minimum Gasteiger partial charge on any atom is -0.477 e. The van der Waals surface area contributed by atoms with Gasteiger partial charge >= 0.3 is 0 Å². The monoisotopic (exact) mass is 479 g/mol. The van der Waals surface area contributed by atoms with Crippen molar-refractivity contribution in [2.45, 2.75) is 26.2 Å². The molecule has 3 aromatic rings. The number of anilines is 2. The molecule has 1 atom stereocenters. The lowest BCUT2D eigenvalue weighted by Gasteiger charge is -2.14. The number of nitrogens with zero attached hydrogens (tertiary/aromatic N) is 3. The molecule has 0 aliphatic carbocycles. The van der Waals surface area contributed by atoms with Gasteiger partial charge in [-0.25, -0.2) is 22.8 Å². The van der Waals surface area contributed by atoms with E-state index < -0.39 is 27.7 Å². The summed E-state index contributed by atoms with van der Waals surface area (Å²) >= 11 is 1.07. The van der Waals surface area contributed by atoms with E-state index in [4.69, 9.17) is 4.74 Å². The van der Waals surface area contributed by atoms with Crippen molar-refractivity contribution in [2.75, 3.05) is 22.9 Å². The summed E-state index contributed by atoms with van der Waals surface area (Å²) in [6, 6.07) is 4.33. The molecular formula is C20H22FN5O4S2. The van der Waals surface area contributed by atoms with E-state index in [1.165, 1.54) is 24.5 Å². The first kappa shape index (κ1) is 23.5. The standard InChI is InChI=1S/C20H22FN5O4S2/c1-4-13(17-11-31-20(25-17)26-32(3,28)29)19(27)24-15-7-6-12(8-14(15)21)16-9-22-10-18(23-16)30-5-2/h6-11,13H,4-5H2,1-3H3,(H,24,27)(H,25,26). The van der Waals surface area contributed by atoms with E-state index in [0.29, 0.717) is 35.9 Å². The van der Waals surface area contributed by atoms with Crippen LogP contribution in [-0.4, -0.2) is 42.1 Å². The van der Waals surface area contributed by atoms with E-state index in [-0.39, 0.29) is 10.8 Å². The van der Waals surface area contributed by atoms with Gasteiger partial charge in [0, 0.05) is 10.9 Å². The molecule has 2 N–H and O–H groups in total. The third-order valence-electron chi connectivity index (χ3n) is 4.30. The lowest BCUT2D eigenvalue weighted by Crippen LogP contribution is -2.21. The van der Waals surface area contributed by atoms with Gasteiger partial charge in [0.15, 0.2) is 5.13 Å². The summed E-state index contributed by atoms with van der Waals surface area (Å²) in [6.07, 6.45) is 4.38. The third kappa shape index (κ3) is 5.98. The Labute approximate surface area is 189 Å². The van der Waals surface area contributed by atoms with Gasteiger partial charge in [-0.2, -0.15) is 0 Å². The number of halogens is 1. The lowest BCUT2D eigenvalue weighted by molar-refractivity contribution is -0.117. The number of rotatable bonds is 9. The van der Waals surface area contributed by atoms with E-state index in [1.807, 2.05) is 6.92 Å². The molecule has 1 unspecified atom stereocenters. The van der Waals surface area contributed by atoms with Crippen LogP contribution in [0.4, 0.5) is 15.2 Å². The minimum atomic E-state index is -3.47. The molecule has 0 fully saturated rings. The Hall–Kier alpha value is -3.12. The Bertz CT molecular complexity index is 1220. The van der Waals surface area contributed by atoms with Gasteiger partial charge in [-0.15, -0.1) is 11.3 Å². The molecule has 0 spiro atoms. The molecule has 2 aromatic heterocycles. The van der Waals surface area contributed by atoms with Gasteiger partial charge in [-0.05, 0) is 25.5 Å². The fourth-order valence-corrected chi connectivity index (χ4v) is 4.50. The number of ether oxygens (including phenoxy) is 1. The molecule has 9 nitrogen and oxygen atoms in total. The van der Waals surface area contributed by atoms with E-state index in [1.54, 1.807) is 18.4 Å². The second-order valence-electron chi connectivity index (χ2n) is 6.77. The summed E-state index contributed by atoms with van der Waals surface area (Å²) in [6.45, 7) is 4.04. The van der Waals surface area contributed by atoms with Crippen molar-refractivity contribution in [2.24, 2.45) is 0 Å². The first-order valence-corrected chi connectivity index (χ1v) is 12.5. The van der Waals surface area contributed by atoms with Crippen LogP contribution < -0.4 is 14.8 Å². The molecule has 32 heavy (non-hydrogen) atoms. The highest BCUT2D eigenvalue weighted by Crippen LogP contribution is 2.28. The number of nitrogens with one attached hydrogen (secondary N) is 2. The summed E-state index contributed by atoms with van der Waals surface area (Å²) in [5.74, 6) is -1.42. The number of carbonyl (C=O) groups excluding carboxylic acids is 1. The Kier molecular flexibility index (Phi) is 7.36. The van der Waals surface area contributed by atoms with E-state index >= 15 is 0 Å². The van der Waals surface area contributed by atoms with Gasteiger partial charge in [-0.1, -0.05) is 13.0 Å². The highest BCUT2D eigenvalue weighted by Gasteiger charge is 2.23. The Balaban J connectivity index is 1.76. The van der Waals surface area contributed by atoms with Crippen LogP contribution in [-0.2, 0) is 14.8 Å². The molecule has 12 heteroatoms. The topological polar surface area (TPSA) is 123 Å². The van der Waals surface area contributed by atoms with Crippen molar-refractivity contribution < 1.29 is 22.3 Å². The van der Waals surface area contributed by atoms with Crippen LogP contribution in [0.3, 0.4) is 0 Å². The minimum absolute atomic E-state index is 0.0100. The van der Waals surface area contributed by atoms with Crippen LogP contribution in [0, 0.1) is 5.82 Å². The maximum absolute atomic E-state index is 14.7. The van der Waals surface area contributed by atoms with E-state index in [0.717, 1.165) is 17.6 Å². The number of sulfonamides is 1. The molecule has 0 bridgehead atoms. The van der Waals surface area contributed by atoms with Crippen molar-refractivity contribution >= 4 is 38.1 Å². The number of hydrogen-bond donors (Lipinski definition) is 2. The van der Waals surface area contributed by atoms with Crippen molar-refractivity contribution in [1.29, 1.82) is 0 Å². The summed E-state index contributed by atoms with van der Waals surface area (Å²) in [5.41, 5.74) is 1.34. The Morgan fingerprint density at radius 3 is 2.69 bits per heavy atom. The molecule has 0 saturated carbocycles. The van der Waals surface area contributed by atoms with Crippen LogP contribution in [0.1, 0.15) is 31.9 Å². The largest absolute Gasteiger partial charge is 0.477 e. The summed E-state index contributed by atoms with van der Waals surface area (Å²) in [5, 5.41) is 4.35. The fraction of sp³-hybridized carbons (Fsp3) is 0.300. The van der Waals surface area contributed by atoms with Gasteiger partial charge in [0.25, 0.3) is 0 Å². The van der Waals surface area contributed by atoms with E-state index in [9.17, 15) is 17.6 Å². The third-order valence-corrected chi connectivity index (χ3v) is 5.77. The molecular weight excluding hydrogens is 457 g/mol.